The summed E-state index contributed by atoms with van der Waals surface area (Å²) in [5.74, 6) is -3.15. The van der Waals surface area contributed by atoms with Crippen LogP contribution < -0.4 is 21.3 Å². The maximum absolute atomic E-state index is 13.3. The highest BCUT2D eigenvalue weighted by atomic mass is 19.2. The standard InChI is InChI=1S/C15H17F3N6/c1-20-8-2-3-24(7-8)13-6-12(22-15(19)23-13)21-9-4-10(16)14(18)11(17)5-9/h4-6,8,20H,2-3,7H2,1H3,(H3,19,21,22,23)/t8-/m1/s1. The van der Waals surface area contributed by atoms with Crippen molar-refractivity contribution in [3.63, 3.8) is 0 Å². The number of nitrogens with zero attached hydrogens (tertiary/aromatic N) is 3. The fraction of sp³-hybridized carbons (Fsp3) is 0.333. The van der Waals surface area contributed by atoms with E-state index in [2.05, 4.69) is 20.6 Å². The van der Waals surface area contributed by atoms with Gasteiger partial charge in [0.2, 0.25) is 5.95 Å². The lowest BCUT2D eigenvalue weighted by Crippen LogP contribution is -2.30. The van der Waals surface area contributed by atoms with Gasteiger partial charge in [-0.15, -0.1) is 0 Å². The normalized spacial score (nSPS) is 17.3. The number of nitrogens with one attached hydrogen (secondary N) is 2. The number of hydrogen-bond acceptors (Lipinski definition) is 6. The Kier molecular flexibility index (Phi) is 4.43. The van der Waals surface area contributed by atoms with E-state index in [1.807, 2.05) is 11.9 Å². The molecular formula is C15H17F3N6. The van der Waals surface area contributed by atoms with Gasteiger partial charge < -0.3 is 21.3 Å². The predicted molar refractivity (Wildman–Crippen MR) is 85.7 cm³/mol. The largest absolute Gasteiger partial charge is 0.368 e. The van der Waals surface area contributed by atoms with Gasteiger partial charge >= 0.3 is 0 Å². The fourth-order valence-corrected chi connectivity index (χ4v) is 2.66. The molecule has 128 valence electrons. The van der Waals surface area contributed by atoms with Crippen LogP contribution in [0.2, 0.25) is 0 Å². The Morgan fingerprint density at radius 1 is 1.17 bits per heavy atom. The summed E-state index contributed by atoms with van der Waals surface area (Å²) in [6, 6.07) is 3.69. The van der Waals surface area contributed by atoms with Crippen LogP contribution >= 0.6 is 0 Å². The molecule has 0 radical (unpaired) electrons. The zero-order valence-corrected chi connectivity index (χ0v) is 13.0. The molecule has 0 saturated carbocycles. The minimum absolute atomic E-state index is 0.0324. The first kappa shape index (κ1) is 16.3. The van der Waals surface area contributed by atoms with E-state index in [1.54, 1.807) is 6.07 Å². The number of aromatic nitrogens is 2. The van der Waals surface area contributed by atoms with Gasteiger partial charge in [0, 0.05) is 43.0 Å². The molecule has 0 spiro atoms. The van der Waals surface area contributed by atoms with Crippen LogP contribution in [0.25, 0.3) is 0 Å². The molecule has 1 atom stereocenters. The molecule has 1 saturated heterocycles. The van der Waals surface area contributed by atoms with Crippen molar-refractivity contribution in [3.8, 4) is 0 Å². The molecule has 0 unspecified atom stereocenters. The molecule has 9 heteroatoms. The molecule has 0 bridgehead atoms. The van der Waals surface area contributed by atoms with Crippen molar-refractivity contribution in [2.75, 3.05) is 36.1 Å². The van der Waals surface area contributed by atoms with Crippen molar-refractivity contribution >= 4 is 23.3 Å². The van der Waals surface area contributed by atoms with Gasteiger partial charge in [-0.05, 0) is 13.5 Å². The van der Waals surface area contributed by atoms with Crippen molar-refractivity contribution in [1.82, 2.24) is 15.3 Å². The first-order valence-corrected chi connectivity index (χ1v) is 7.44. The van der Waals surface area contributed by atoms with E-state index in [9.17, 15) is 13.2 Å². The lowest BCUT2D eigenvalue weighted by Gasteiger charge is -2.18. The van der Waals surface area contributed by atoms with E-state index in [-0.39, 0.29) is 17.5 Å². The second-order valence-electron chi connectivity index (χ2n) is 5.57. The number of nitrogen functional groups attached to an aromatic ring is 1. The smallest absolute Gasteiger partial charge is 0.223 e. The quantitative estimate of drug-likeness (QED) is 0.740. The summed E-state index contributed by atoms with van der Waals surface area (Å²) >= 11 is 0. The number of likely N-dealkylation sites (N-methyl/N-ethyl adjacent to an activating group) is 1. The Morgan fingerprint density at radius 2 is 1.88 bits per heavy atom. The van der Waals surface area contributed by atoms with Gasteiger partial charge in [-0.2, -0.15) is 9.97 Å². The number of hydrogen-bond donors (Lipinski definition) is 3. The Balaban J connectivity index is 1.84. The average Bonchev–Trinajstić information content (AvgIpc) is 3.01. The van der Waals surface area contributed by atoms with Crippen LogP contribution in [-0.4, -0.2) is 36.1 Å². The van der Waals surface area contributed by atoms with Crippen LogP contribution in [0.1, 0.15) is 6.42 Å². The molecule has 2 aromatic rings. The molecule has 6 nitrogen and oxygen atoms in total. The number of benzene rings is 1. The summed E-state index contributed by atoms with van der Waals surface area (Å²) in [5, 5.41) is 5.92. The van der Waals surface area contributed by atoms with Gasteiger partial charge in [0.15, 0.2) is 17.5 Å². The van der Waals surface area contributed by atoms with E-state index in [0.717, 1.165) is 31.6 Å². The first-order valence-electron chi connectivity index (χ1n) is 7.44. The summed E-state index contributed by atoms with van der Waals surface area (Å²) in [5.41, 5.74) is 5.75. The predicted octanol–water partition coefficient (Wildman–Crippen LogP) is 2.02. The molecule has 1 aromatic heterocycles. The highest BCUT2D eigenvalue weighted by Gasteiger charge is 2.23. The van der Waals surface area contributed by atoms with Gasteiger partial charge in [-0.1, -0.05) is 0 Å². The van der Waals surface area contributed by atoms with Gasteiger partial charge in [0.05, 0.1) is 0 Å². The lowest BCUT2D eigenvalue weighted by molar-refractivity contribution is 0.448. The number of anilines is 4. The van der Waals surface area contributed by atoms with Crippen molar-refractivity contribution in [3.05, 3.63) is 35.7 Å². The van der Waals surface area contributed by atoms with E-state index in [4.69, 9.17) is 5.73 Å². The highest BCUT2D eigenvalue weighted by Crippen LogP contribution is 2.25. The molecule has 4 N–H and O–H groups in total. The maximum atomic E-state index is 13.3. The number of halogens is 3. The Morgan fingerprint density at radius 3 is 2.50 bits per heavy atom. The Hall–Kier alpha value is -2.55. The van der Waals surface area contributed by atoms with Gasteiger partial charge in [0.1, 0.15) is 11.6 Å². The Labute approximate surface area is 136 Å². The molecular weight excluding hydrogens is 321 g/mol. The summed E-state index contributed by atoms with van der Waals surface area (Å²) in [7, 11) is 1.90. The van der Waals surface area contributed by atoms with Gasteiger partial charge in [-0.25, -0.2) is 13.2 Å². The third-order valence-corrected chi connectivity index (χ3v) is 3.91. The molecule has 0 amide bonds. The van der Waals surface area contributed by atoms with Crippen molar-refractivity contribution < 1.29 is 13.2 Å². The van der Waals surface area contributed by atoms with Gasteiger partial charge in [-0.3, -0.25) is 0 Å². The summed E-state index contributed by atoms with van der Waals surface area (Å²) in [6.07, 6.45) is 0.970. The van der Waals surface area contributed by atoms with Crippen molar-refractivity contribution in [2.45, 2.75) is 12.5 Å². The van der Waals surface area contributed by atoms with Crippen molar-refractivity contribution in [2.24, 2.45) is 0 Å². The SMILES string of the molecule is CN[C@@H]1CCN(c2cc(Nc3cc(F)c(F)c(F)c3)nc(N)n2)C1. The fourth-order valence-electron chi connectivity index (χ4n) is 2.66. The van der Waals surface area contributed by atoms with Crippen molar-refractivity contribution in [1.29, 1.82) is 0 Å². The van der Waals surface area contributed by atoms with E-state index < -0.39 is 17.5 Å². The minimum atomic E-state index is -1.52. The molecule has 1 aromatic carbocycles. The number of rotatable bonds is 4. The van der Waals surface area contributed by atoms with Gasteiger partial charge in [0.25, 0.3) is 0 Å². The van der Waals surface area contributed by atoms with Crippen LogP contribution in [0.5, 0.6) is 0 Å². The molecule has 24 heavy (non-hydrogen) atoms. The molecule has 1 aliphatic rings. The van der Waals surface area contributed by atoms with E-state index >= 15 is 0 Å². The summed E-state index contributed by atoms with van der Waals surface area (Å²) in [4.78, 5) is 10.2. The molecule has 1 aliphatic heterocycles. The van der Waals surface area contributed by atoms with Crippen LogP contribution in [0, 0.1) is 17.5 Å². The third kappa shape index (κ3) is 3.35. The summed E-state index contributed by atoms with van der Waals surface area (Å²) in [6.45, 7) is 1.58. The van der Waals surface area contributed by atoms with Crippen LogP contribution in [0.15, 0.2) is 18.2 Å². The first-order chi connectivity index (χ1) is 11.5. The lowest BCUT2D eigenvalue weighted by atomic mass is 10.3. The summed E-state index contributed by atoms with van der Waals surface area (Å²) < 4.78 is 39.6. The maximum Gasteiger partial charge on any atom is 0.223 e. The molecule has 1 fully saturated rings. The molecule has 2 heterocycles. The van der Waals surface area contributed by atoms with E-state index in [1.165, 1.54) is 0 Å². The number of nitrogens with two attached hydrogens (primary N) is 1. The van der Waals surface area contributed by atoms with Crippen LogP contribution in [0.3, 0.4) is 0 Å². The molecule has 0 aliphatic carbocycles. The zero-order chi connectivity index (χ0) is 17.3. The van der Waals surface area contributed by atoms with E-state index in [0.29, 0.717) is 11.9 Å². The highest BCUT2D eigenvalue weighted by molar-refractivity contribution is 5.61. The van der Waals surface area contributed by atoms with Crippen LogP contribution in [0.4, 0.5) is 36.4 Å². The topological polar surface area (TPSA) is 79.1 Å². The van der Waals surface area contributed by atoms with Crippen LogP contribution in [-0.2, 0) is 0 Å². The zero-order valence-electron chi connectivity index (χ0n) is 13.0. The third-order valence-electron chi connectivity index (χ3n) is 3.91. The monoisotopic (exact) mass is 338 g/mol. The molecule has 3 rings (SSSR count). The second kappa shape index (κ2) is 6.52. The minimum Gasteiger partial charge on any atom is -0.368 e. The second-order valence-corrected chi connectivity index (χ2v) is 5.57. The average molecular weight is 338 g/mol. The Bertz CT molecular complexity index is 731.